The number of nitrogens with one attached hydrogen (secondary N) is 2. The minimum atomic E-state index is 0.419. The molecule has 0 aliphatic rings. The molecule has 5 nitrogen and oxygen atoms in total. The van der Waals surface area contributed by atoms with Crippen LogP contribution in [0.2, 0.25) is 0 Å². The standard InChI is InChI=1S/C18H23N5S/c1-13-4-6-15(7-5-13)14(2)10-20-17(19-3)21-11-16-12-23-8-9-24-18(23)22-16/h4-9,12,14H,10-11H2,1-3H3,(H2,19,20,21). The zero-order valence-corrected chi connectivity index (χ0v) is 15.1. The lowest BCUT2D eigenvalue weighted by Gasteiger charge is -2.16. The molecule has 3 rings (SSSR count). The summed E-state index contributed by atoms with van der Waals surface area (Å²) in [6, 6.07) is 8.69. The van der Waals surface area contributed by atoms with Crippen LogP contribution in [0.15, 0.2) is 47.0 Å². The highest BCUT2D eigenvalue weighted by Gasteiger charge is 2.07. The molecule has 126 valence electrons. The van der Waals surface area contributed by atoms with Crippen molar-refractivity contribution in [1.29, 1.82) is 0 Å². The molecule has 0 aliphatic carbocycles. The maximum atomic E-state index is 4.57. The predicted octanol–water partition coefficient (Wildman–Crippen LogP) is 3.17. The van der Waals surface area contributed by atoms with Crippen LogP contribution in [0.3, 0.4) is 0 Å². The normalized spacial score (nSPS) is 13.2. The minimum absolute atomic E-state index is 0.419. The SMILES string of the molecule is CN=C(NCc1cn2ccsc2n1)NCC(C)c1ccc(C)cc1. The maximum Gasteiger partial charge on any atom is 0.193 e. The van der Waals surface area contributed by atoms with Gasteiger partial charge in [0.05, 0.1) is 12.2 Å². The predicted molar refractivity (Wildman–Crippen MR) is 101 cm³/mol. The minimum Gasteiger partial charge on any atom is -0.356 e. The second-order valence-corrected chi connectivity index (χ2v) is 6.82. The van der Waals surface area contributed by atoms with Gasteiger partial charge >= 0.3 is 0 Å². The van der Waals surface area contributed by atoms with Gasteiger partial charge in [-0.3, -0.25) is 9.39 Å². The summed E-state index contributed by atoms with van der Waals surface area (Å²) in [7, 11) is 1.79. The fourth-order valence-electron chi connectivity index (χ4n) is 2.52. The summed E-state index contributed by atoms with van der Waals surface area (Å²) in [5, 5.41) is 8.74. The first-order valence-electron chi connectivity index (χ1n) is 8.08. The molecule has 2 aromatic heterocycles. The molecule has 0 amide bonds. The van der Waals surface area contributed by atoms with Crippen LogP contribution in [0.4, 0.5) is 0 Å². The number of thiazole rings is 1. The number of benzene rings is 1. The lowest BCUT2D eigenvalue weighted by molar-refractivity contribution is 0.697. The average molecular weight is 341 g/mol. The van der Waals surface area contributed by atoms with Crippen LogP contribution in [0.5, 0.6) is 0 Å². The van der Waals surface area contributed by atoms with E-state index >= 15 is 0 Å². The summed E-state index contributed by atoms with van der Waals surface area (Å²) >= 11 is 1.64. The zero-order valence-electron chi connectivity index (χ0n) is 14.3. The largest absolute Gasteiger partial charge is 0.356 e. The highest BCUT2D eigenvalue weighted by molar-refractivity contribution is 7.15. The van der Waals surface area contributed by atoms with Crippen LogP contribution >= 0.6 is 11.3 Å². The van der Waals surface area contributed by atoms with Crippen molar-refractivity contribution in [2.45, 2.75) is 26.3 Å². The number of aryl methyl sites for hydroxylation is 1. The molecule has 3 aromatic rings. The van der Waals surface area contributed by atoms with E-state index in [9.17, 15) is 0 Å². The van der Waals surface area contributed by atoms with E-state index in [0.717, 1.165) is 23.2 Å². The summed E-state index contributed by atoms with van der Waals surface area (Å²) in [5.41, 5.74) is 3.63. The molecule has 0 radical (unpaired) electrons. The Morgan fingerprint density at radius 2 is 2.08 bits per heavy atom. The quantitative estimate of drug-likeness (QED) is 0.554. The molecule has 1 atom stereocenters. The second-order valence-electron chi connectivity index (χ2n) is 5.94. The Morgan fingerprint density at radius 1 is 1.29 bits per heavy atom. The highest BCUT2D eigenvalue weighted by Crippen LogP contribution is 2.14. The van der Waals surface area contributed by atoms with E-state index in [1.165, 1.54) is 11.1 Å². The Labute approximate surface area is 146 Å². The highest BCUT2D eigenvalue weighted by atomic mass is 32.1. The molecule has 0 saturated carbocycles. The fraction of sp³-hybridized carbons (Fsp3) is 0.333. The summed E-state index contributed by atoms with van der Waals surface area (Å²) < 4.78 is 2.04. The molecule has 2 heterocycles. The summed E-state index contributed by atoms with van der Waals surface area (Å²) in [6.45, 7) is 5.82. The van der Waals surface area contributed by atoms with Gasteiger partial charge in [-0.15, -0.1) is 11.3 Å². The van der Waals surface area contributed by atoms with Crippen molar-refractivity contribution >= 4 is 22.3 Å². The molecular formula is C18H23N5S. The van der Waals surface area contributed by atoms with Crippen molar-refractivity contribution in [2.75, 3.05) is 13.6 Å². The molecular weight excluding hydrogens is 318 g/mol. The number of aliphatic imine (C=N–C) groups is 1. The summed E-state index contributed by atoms with van der Waals surface area (Å²) in [6.07, 6.45) is 4.06. The zero-order chi connectivity index (χ0) is 16.9. The first-order valence-corrected chi connectivity index (χ1v) is 8.96. The van der Waals surface area contributed by atoms with Gasteiger partial charge in [-0.1, -0.05) is 36.8 Å². The lowest BCUT2D eigenvalue weighted by Crippen LogP contribution is -2.38. The van der Waals surface area contributed by atoms with Crippen molar-refractivity contribution in [3.05, 3.63) is 58.9 Å². The van der Waals surface area contributed by atoms with Gasteiger partial charge in [-0.05, 0) is 18.4 Å². The Hall–Kier alpha value is -2.34. The van der Waals surface area contributed by atoms with Crippen LogP contribution in [0.1, 0.15) is 29.7 Å². The van der Waals surface area contributed by atoms with E-state index in [1.54, 1.807) is 18.4 Å². The third-order valence-electron chi connectivity index (χ3n) is 4.03. The third kappa shape index (κ3) is 3.94. The number of hydrogen-bond acceptors (Lipinski definition) is 3. The molecule has 0 fully saturated rings. The first-order chi connectivity index (χ1) is 11.7. The second kappa shape index (κ2) is 7.49. The number of guanidine groups is 1. The first kappa shape index (κ1) is 16.5. The van der Waals surface area contributed by atoms with Gasteiger partial charge in [0.1, 0.15) is 0 Å². The maximum absolute atomic E-state index is 4.57. The number of imidazole rings is 1. The van der Waals surface area contributed by atoms with Gasteiger partial charge < -0.3 is 10.6 Å². The van der Waals surface area contributed by atoms with E-state index in [0.29, 0.717) is 12.5 Å². The lowest BCUT2D eigenvalue weighted by atomic mass is 10.0. The van der Waals surface area contributed by atoms with E-state index < -0.39 is 0 Å². The monoisotopic (exact) mass is 341 g/mol. The van der Waals surface area contributed by atoms with Crippen molar-refractivity contribution < 1.29 is 0 Å². The summed E-state index contributed by atoms with van der Waals surface area (Å²) in [4.78, 5) is 9.87. The fourth-order valence-corrected chi connectivity index (χ4v) is 3.24. The molecule has 1 unspecified atom stereocenters. The third-order valence-corrected chi connectivity index (χ3v) is 4.80. The van der Waals surface area contributed by atoms with Crippen molar-refractivity contribution in [1.82, 2.24) is 20.0 Å². The molecule has 1 aromatic carbocycles. The van der Waals surface area contributed by atoms with Crippen molar-refractivity contribution in [2.24, 2.45) is 4.99 Å². The number of fused-ring (bicyclic) bond motifs is 1. The number of hydrogen-bond donors (Lipinski definition) is 2. The van der Waals surface area contributed by atoms with Gasteiger partial charge in [0.15, 0.2) is 10.9 Å². The van der Waals surface area contributed by atoms with E-state index in [1.807, 2.05) is 22.2 Å². The molecule has 2 N–H and O–H groups in total. The van der Waals surface area contributed by atoms with Crippen LogP contribution in [-0.4, -0.2) is 28.9 Å². The number of nitrogens with zero attached hydrogens (tertiary/aromatic N) is 3. The van der Waals surface area contributed by atoms with Crippen LogP contribution < -0.4 is 10.6 Å². The van der Waals surface area contributed by atoms with Crippen molar-refractivity contribution in [3.8, 4) is 0 Å². The Kier molecular flexibility index (Phi) is 5.15. The van der Waals surface area contributed by atoms with E-state index in [4.69, 9.17) is 0 Å². The Bertz CT molecular complexity index is 787. The van der Waals surface area contributed by atoms with Gasteiger partial charge in [0.2, 0.25) is 0 Å². The molecule has 6 heteroatoms. The number of rotatable bonds is 5. The average Bonchev–Trinajstić information content (AvgIpc) is 3.17. The molecule has 24 heavy (non-hydrogen) atoms. The topological polar surface area (TPSA) is 53.7 Å². The Morgan fingerprint density at radius 3 is 2.79 bits per heavy atom. The van der Waals surface area contributed by atoms with Gasteiger partial charge in [0, 0.05) is 31.4 Å². The van der Waals surface area contributed by atoms with Crippen LogP contribution in [0.25, 0.3) is 4.96 Å². The molecule has 0 bridgehead atoms. The van der Waals surface area contributed by atoms with Gasteiger partial charge in [0.25, 0.3) is 0 Å². The van der Waals surface area contributed by atoms with Crippen LogP contribution in [0, 0.1) is 6.92 Å². The van der Waals surface area contributed by atoms with Gasteiger partial charge in [-0.2, -0.15) is 0 Å². The molecule has 0 spiro atoms. The molecule has 0 saturated heterocycles. The van der Waals surface area contributed by atoms with Crippen LogP contribution in [-0.2, 0) is 6.54 Å². The van der Waals surface area contributed by atoms with E-state index in [2.05, 4.69) is 58.7 Å². The smallest absolute Gasteiger partial charge is 0.193 e. The number of aromatic nitrogens is 2. The Balaban J connectivity index is 1.51. The van der Waals surface area contributed by atoms with Crippen molar-refractivity contribution in [3.63, 3.8) is 0 Å². The molecule has 0 aliphatic heterocycles. The summed E-state index contributed by atoms with van der Waals surface area (Å²) in [5.74, 6) is 1.22. The van der Waals surface area contributed by atoms with E-state index in [-0.39, 0.29) is 0 Å². The van der Waals surface area contributed by atoms with Gasteiger partial charge in [-0.25, -0.2) is 4.98 Å².